The topological polar surface area (TPSA) is 3.24 Å². The van der Waals surface area contributed by atoms with Crippen molar-refractivity contribution in [2.24, 2.45) is 0 Å². The molecule has 0 atom stereocenters. The molecule has 1 heterocycles. The van der Waals surface area contributed by atoms with Crippen LogP contribution in [0.2, 0.25) is 0 Å². The van der Waals surface area contributed by atoms with Gasteiger partial charge in [0.15, 0.2) is 0 Å². The molecule has 0 aliphatic carbocycles. The average molecular weight is 493 g/mol. The molecule has 4 aromatic carbocycles. The molecule has 0 fully saturated rings. The van der Waals surface area contributed by atoms with E-state index in [4.69, 9.17) is 0 Å². The fourth-order valence-electron chi connectivity index (χ4n) is 4.35. The second kappa shape index (κ2) is 6.47. The van der Waals surface area contributed by atoms with Crippen LogP contribution < -0.4 is 4.90 Å². The van der Waals surface area contributed by atoms with E-state index in [-0.39, 0.29) is 5.41 Å². The summed E-state index contributed by atoms with van der Waals surface area (Å²) in [6, 6.07) is 28.4. The summed E-state index contributed by atoms with van der Waals surface area (Å²) in [7, 11) is 0. The highest BCUT2D eigenvalue weighted by Gasteiger charge is 2.37. The second-order valence-corrected chi connectivity index (χ2v) is 9.61. The Bertz CT molecular complexity index is 1170. The van der Waals surface area contributed by atoms with E-state index >= 15 is 0 Å². The Morgan fingerprint density at radius 2 is 1.21 bits per heavy atom. The quantitative estimate of drug-likeness (QED) is 0.257. The Morgan fingerprint density at radius 3 is 1.86 bits per heavy atom. The third-order valence-electron chi connectivity index (χ3n) is 5.75. The molecule has 138 valence electrons. The monoisotopic (exact) mass is 491 g/mol. The van der Waals surface area contributed by atoms with Gasteiger partial charge in [0.05, 0.1) is 17.1 Å². The molecule has 4 aromatic rings. The summed E-state index contributed by atoms with van der Waals surface area (Å²) in [6.45, 7) is 4.62. The summed E-state index contributed by atoms with van der Waals surface area (Å²) in [5.41, 5.74) is 6.22. The molecule has 0 spiro atoms. The smallest absolute Gasteiger partial charge is 0.0540 e. The number of fused-ring (bicyclic) bond motifs is 3. The first-order chi connectivity index (χ1) is 13.5. The second-order valence-electron chi connectivity index (χ2n) is 7.78. The van der Waals surface area contributed by atoms with Crippen molar-refractivity contribution in [2.45, 2.75) is 19.3 Å². The van der Waals surface area contributed by atoms with Gasteiger partial charge in [-0.05, 0) is 59.0 Å². The van der Waals surface area contributed by atoms with Gasteiger partial charge in [-0.1, -0.05) is 82.1 Å². The number of hydrogen-bond acceptors (Lipinski definition) is 1. The van der Waals surface area contributed by atoms with Crippen LogP contribution in [0, 0.1) is 0 Å². The van der Waals surface area contributed by atoms with Gasteiger partial charge in [0.25, 0.3) is 0 Å². The maximum atomic E-state index is 3.68. The molecule has 5 rings (SSSR count). The number of hydrogen-bond donors (Lipinski definition) is 0. The molecule has 1 aliphatic rings. The van der Waals surface area contributed by atoms with Crippen molar-refractivity contribution >= 4 is 59.7 Å². The molecule has 0 aromatic heterocycles. The van der Waals surface area contributed by atoms with Crippen molar-refractivity contribution in [1.29, 1.82) is 0 Å². The van der Waals surface area contributed by atoms with Crippen LogP contribution in [0.25, 0.3) is 10.8 Å². The van der Waals surface area contributed by atoms with Crippen molar-refractivity contribution in [3.8, 4) is 0 Å². The van der Waals surface area contributed by atoms with E-state index in [1.165, 1.54) is 39.0 Å². The molecule has 0 N–H and O–H groups in total. The molecule has 1 nitrogen and oxygen atoms in total. The summed E-state index contributed by atoms with van der Waals surface area (Å²) >= 11 is 7.37. The molecular formula is C25H19Br2N. The predicted octanol–water partition coefficient (Wildman–Crippen LogP) is 8.47. The maximum Gasteiger partial charge on any atom is 0.0540 e. The number of benzene rings is 4. The first-order valence-electron chi connectivity index (χ1n) is 9.35. The zero-order valence-electron chi connectivity index (χ0n) is 15.7. The lowest BCUT2D eigenvalue weighted by Crippen LogP contribution is -2.30. The maximum absolute atomic E-state index is 3.68. The Hall–Kier alpha value is -2.10. The minimum atomic E-state index is -0.0979. The number of nitrogens with zero attached hydrogens (tertiary/aromatic N) is 1. The fourth-order valence-corrected chi connectivity index (χ4v) is 5.07. The van der Waals surface area contributed by atoms with E-state index in [9.17, 15) is 0 Å². The molecule has 3 heteroatoms. The number of anilines is 3. The van der Waals surface area contributed by atoms with Crippen molar-refractivity contribution in [1.82, 2.24) is 0 Å². The molecule has 1 aliphatic heterocycles. The van der Waals surface area contributed by atoms with Crippen molar-refractivity contribution < 1.29 is 0 Å². The fraction of sp³-hybridized carbons (Fsp3) is 0.120. The van der Waals surface area contributed by atoms with Gasteiger partial charge in [-0.3, -0.25) is 0 Å². The highest BCUT2D eigenvalue weighted by molar-refractivity contribution is 9.10. The Morgan fingerprint density at radius 1 is 0.643 bits per heavy atom. The minimum absolute atomic E-state index is 0.0979. The summed E-state index contributed by atoms with van der Waals surface area (Å²) < 4.78 is 2.21. The average Bonchev–Trinajstić information content (AvgIpc) is 2.69. The van der Waals surface area contributed by atoms with E-state index < -0.39 is 0 Å². The highest BCUT2D eigenvalue weighted by Crippen LogP contribution is 2.53. The third-order valence-corrected chi connectivity index (χ3v) is 6.74. The van der Waals surface area contributed by atoms with Crippen LogP contribution >= 0.6 is 31.9 Å². The normalized spacial score (nSPS) is 14.6. The zero-order valence-corrected chi connectivity index (χ0v) is 18.9. The summed E-state index contributed by atoms with van der Waals surface area (Å²) in [6.07, 6.45) is 0. The van der Waals surface area contributed by atoms with Crippen molar-refractivity contribution in [2.75, 3.05) is 4.90 Å². The van der Waals surface area contributed by atoms with Crippen LogP contribution in [0.15, 0.2) is 87.8 Å². The molecule has 0 amide bonds. The van der Waals surface area contributed by atoms with E-state index in [1.54, 1.807) is 0 Å². The summed E-state index contributed by atoms with van der Waals surface area (Å²) in [4.78, 5) is 2.41. The molecule has 0 unspecified atom stereocenters. The molecule has 0 bridgehead atoms. The lowest BCUT2D eigenvalue weighted by Gasteiger charge is -2.42. The van der Waals surface area contributed by atoms with Gasteiger partial charge in [-0.2, -0.15) is 0 Å². The van der Waals surface area contributed by atoms with Gasteiger partial charge >= 0.3 is 0 Å². The molecular weight excluding hydrogens is 474 g/mol. The standard InChI is InChI=1S/C25H19Br2N/c1-25(2)20-14-17(26)10-12-23(20)28(24-13-11-18(27)15-21(24)25)22-9-5-7-16-6-3-4-8-19(16)22/h3-15H,1-2H3. The largest absolute Gasteiger partial charge is 0.309 e. The van der Waals surface area contributed by atoms with Crippen LogP contribution in [0.3, 0.4) is 0 Å². The number of halogens is 2. The van der Waals surface area contributed by atoms with Crippen LogP contribution in [0.4, 0.5) is 17.1 Å². The lowest BCUT2D eigenvalue weighted by molar-refractivity contribution is 0.631. The van der Waals surface area contributed by atoms with Gasteiger partial charge in [0, 0.05) is 19.7 Å². The van der Waals surface area contributed by atoms with E-state index in [0.29, 0.717) is 0 Å². The van der Waals surface area contributed by atoms with E-state index in [0.717, 1.165) is 8.95 Å². The Kier molecular flexibility index (Phi) is 4.15. The third kappa shape index (κ3) is 2.64. The Balaban J connectivity index is 1.89. The van der Waals surface area contributed by atoms with Crippen molar-refractivity contribution in [3.63, 3.8) is 0 Å². The minimum Gasteiger partial charge on any atom is -0.309 e. The first kappa shape index (κ1) is 18.0. The lowest BCUT2D eigenvalue weighted by atomic mass is 9.73. The molecule has 28 heavy (non-hydrogen) atoms. The highest BCUT2D eigenvalue weighted by atomic mass is 79.9. The van der Waals surface area contributed by atoms with Crippen LogP contribution in [0.1, 0.15) is 25.0 Å². The van der Waals surface area contributed by atoms with Gasteiger partial charge in [0.1, 0.15) is 0 Å². The predicted molar refractivity (Wildman–Crippen MR) is 126 cm³/mol. The van der Waals surface area contributed by atoms with E-state index in [2.05, 4.69) is 129 Å². The SMILES string of the molecule is CC1(C)c2cc(Br)ccc2N(c2cccc3ccccc23)c2ccc(Br)cc21. The molecule has 0 saturated heterocycles. The first-order valence-corrected chi connectivity index (χ1v) is 10.9. The molecule has 0 radical (unpaired) electrons. The summed E-state index contributed by atoms with van der Waals surface area (Å²) in [5, 5.41) is 2.51. The van der Waals surface area contributed by atoms with Gasteiger partial charge in [-0.25, -0.2) is 0 Å². The zero-order chi connectivity index (χ0) is 19.5. The van der Waals surface area contributed by atoms with Crippen LogP contribution in [-0.4, -0.2) is 0 Å². The Labute approximate surface area is 182 Å². The van der Waals surface area contributed by atoms with Crippen molar-refractivity contribution in [3.05, 3.63) is 98.9 Å². The van der Waals surface area contributed by atoms with Gasteiger partial charge < -0.3 is 4.90 Å². The summed E-state index contributed by atoms with van der Waals surface area (Å²) in [5.74, 6) is 0. The van der Waals surface area contributed by atoms with Crippen LogP contribution in [-0.2, 0) is 5.41 Å². The number of rotatable bonds is 1. The van der Waals surface area contributed by atoms with E-state index in [1.807, 2.05) is 0 Å². The van der Waals surface area contributed by atoms with Gasteiger partial charge in [0.2, 0.25) is 0 Å². The van der Waals surface area contributed by atoms with Gasteiger partial charge in [-0.15, -0.1) is 0 Å². The molecule has 0 saturated carbocycles. The van der Waals surface area contributed by atoms with Crippen LogP contribution in [0.5, 0.6) is 0 Å².